The number of nitrogens with zero attached hydrogens (tertiary/aromatic N) is 3. The van der Waals surface area contributed by atoms with Crippen molar-refractivity contribution in [3.05, 3.63) is 47.7 Å². The van der Waals surface area contributed by atoms with E-state index in [-0.39, 0.29) is 11.9 Å². The van der Waals surface area contributed by atoms with E-state index >= 15 is 0 Å². The summed E-state index contributed by atoms with van der Waals surface area (Å²) in [5, 5.41) is 17.9. The summed E-state index contributed by atoms with van der Waals surface area (Å²) in [6.45, 7) is 4.07. The maximum atomic E-state index is 9.57. The molecule has 5 nitrogen and oxygen atoms in total. The maximum absolute atomic E-state index is 9.57. The molecule has 1 saturated heterocycles. The summed E-state index contributed by atoms with van der Waals surface area (Å²) in [5.41, 5.74) is 1.89. The zero-order valence-electron chi connectivity index (χ0n) is 11.4. The number of aromatic hydroxyl groups is 1. The fraction of sp³-hybridized carbons (Fsp3) is 0.333. The van der Waals surface area contributed by atoms with Crippen LogP contribution in [0, 0.1) is 6.92 Å². The van der Waals surface area contributed by atoms with Crippen LogP contribution in [0.25, 0.3) is 0 Å². The third-order valence-corrected chi connectivity index (χ3v) is 3.42. The molecule has 1 N–H and O–H groups in total. The minimum absolute atomic E-state index is 0.0565. The third-order valence-electron chi connectivity index (χ3n) is 3.42. The van der Waals surface area contributed by atoms with E-state index in [0.29, 0.717) is 13.2 Å². The lowest BCUT2D eigenvalue weighted by atomic mass is 10.1. The monoisotopic (exact) mass is 271 g/mol. The highest BCUT2D eigenvalue weighted by Crippen LogP contribution is 2.26. The fourth-order valence-corrected chi connectivity index (χ4v) is 2.34. The van der Waals surface area contributed by atoms with Crippen molar-refractivity contribution in [1.82, 2.24) is 10.2 Å². The maximum Gasteiger partial charge on any atom is 0.151 e. The Morgan fingerprint density at radius 3 is 2.90 bits per heavy atom. The Kier molecular flexibility index (Phi) is 3.52. The second-order valence-electron chi connectivity index (χ2n) is 4.93. The normalized spacial score (nSPS) is 19.1. The van der Waals surface area contributed by atoms with Crippen LogP contribution in [-0.4, -0.2) is 35.0 Å². The zero-order valence-corrected chi connectivity index (χ0v) is 11.4. The summed E-state index contributed by atoms with van der Waals surface area (Å²) in [4.78, 5) is 2.16. The summed E-state index contributed by atoms with van der Waals surface area (Å²) in [6.07, 6.45) is -0.0565. The molecule has 3 rings (SSSR count). The van der Waals surface area contributed by atoms with Gasteiger partial charge in [0.05, 0.1) is 12.3 Å². The Bertz CT molecular complexity index is 586. The number of aryl methyl sites for hydroxylation is 1. The van der Waals surface area contributed by atoms with E-state index < -0.39 is 0 Å². The number of ether oxygens (including phenoxy) is 1. The van der Waals surface area contributed by atoms with Crippen LogP contribution in [-0.2, 0) is 4.74 Å². The van der Waals surface area contributed by atoms with Crippen LogP contribution in [0.1, 0.15) is 17.4 Å². The van der Waals surface area contributed by atoms with Crippen LogP contribution in [0.15, 0.2) is 36.4 Å². The Morgan fingerprint density at radius 2 is 2.15 bits per heavy atom. The molecule has 1 aromatic heterocycles. The molecule has 0 bridgehead atoms. The van der Waals surface area contributed by atoms with E-state index in [1.807, 2.05) is 31.2 Å². The molecule has 2 aromatic rings. The number of aromatic nitrogens is 2. The minimum atomic E-state index is -0.0565. The van der Waals surface area contributed by atoms with Gasteiger partial charge in [0.2, 0.25) is 0 Å². The number of morpholine rings is 1. The minimum Gasteiger partial charge on any atom is -0.508 e. The topological polar surface area (TPSA) is 58.5 Å². The number of hydrogen-bond donors (Lipinski definition) is 1. The molecule has 1 aliphatic heterocycles. The van der Waals surface area contributed by atoms with Crippen LogP contribution in [0.2, 0.25) is 0 Å². The van der Waals surface area contributed by atoms with Gasteiger partial charge in [0.1, 0.15) is 11.9 Å². The zero-order chi connectivity index (χ0) is 13.9. The first-order chi connectivity index (χ1) is 9.72. The van der Waals surface area contributed by atoms with Crippen LogP contribution < -0.4 is 4.90 Å². The Morgan fingerprint density at radius 1 is 1.25 bits per heavy atom. The largest absolute Gasteiger partial charge is 0.508 e. The molecule has 1 atom stereocenters. The Labute approximate surface area is 117 Å². The number of phenols is 1. The quantitative estimate of drug-likeness (QED) is 0.906. The number of anilines is 1. The van der Waals surface area contributed by atoms with E-state index in [4.69, 9.17) is 4.74 Å². The molecular weight excluding hydrogens is 254 g/mol. The highest BCUT2D eigenvalue weighted by Gasteiger charge is 2.23. The molecule has 1 fully saturated rings. The molecule has 0 saturated carbocycles. The third kappa shape index (κ3) is 2.72. The number of hydrogen-bond acceptors (Lipinski definition) is 5. The van der Waals surface area contributed by atoms with Gasteiger partial charge in [0, 0.05) is 13.1 Å². The van der Waals surface area contributed by atoms with E-state index in [1.165, 1.54) is 0 Å². The molecule has 1 aliphatic rings. The Hall–Kier alpha value is -2.14. The van der Waals surface area contributed by atoms with Gasteiger partial charge in [-0.1, -0.05) is 12.1 Å². The highest BCUT2D eigenvalue weighted by atomic mass is 16.5. The van der Waals surface area contributed by atoms with Crippen LogP contribution in [0.5, 0.6) is 5.75 Å². The van der Waals surface area contributed by atoms with E-state index in [1.54, 1.807) is 12.1 Å². The molecule has 5 heteroatoms. The van der Waals surface area contributed by atoms with E-state index in [9.17, 15) is 5.11 Å². The number of rotatable bonds is 2. The van der Waals surface area contributed by atoms with Crippen molar-refractivity contribution in [1.29, 1.82) is 0 Å². The van der Waals surface area contributed by atoms with Crippen molar-refractivity contribution in [3.8, 4) is 5.75 Å². The second kappa shape index (κ2) is 5.46. The van der Waals surface area contributed by atoms with Gasteiger partial charge in [-0.15, -0.1) is 5.10 Å². The van der Waals surface area contributed by atoms with Crippen LogP contribution in [0.3, 0.4) is 0 Å². The van der Waals surface area contributed by atoms with Crippen molar-refractivity contribution in [3.63, 3.8) is 0 Å². The first kappa shape index (κ1) is 12.9. The Balaban J connectivity index is 1.78. The SMILES string of the molecule is Cc1ccc(N2CCOC(c3cccc(O)c3)C2)nn1. The van der Waals surface area contributed by atoms with Crippen molar-refractivity contribution in [2.24, 2.45) is 0 Å². The molecule has 1 aromatic carbocycles. The number of phenolic OH excluding ortho intramolecular Hbond substituents is 1. The molecule has 0 radical (unpaired) electrons. The molecule has 0 amide bonds. The highest BCUT2D eigenvalue weighted by molar-refractivity contribution is 5.39. The average Bonchev–Trinajstić information content (AvgIpc) is 2.48. The van der Waals surface area contributed by atoms with Gasteiger partial charge >= 0.3 is 0 Å². The smallest absolute Gasteiger partial charge is 0.151 e. The first-order valence-electron chi connectivity index (χ1n) is 6.68. The molecule has 0 spiro atoms. The van der Waals surface area contributed by atoms with E-state index in [2.05, 4.69) is 15.1 Å². The standard InChI is InChI=1S/C15H17N3O2/c1-11-5-6-15(17-16-11)18-7-8-20-14(10-18)12-3-2-4-13(19)9-12/h2-6,9,14,19H,7-8,10H2,1H3. The van der Waals surface area contributed by atoms with Crippen LogP contribution in [0.4, 0.5) is 5.82 Å². The molecule has 20 heavy (non-hydrogen) atoms. The van der Waals surface area contributed by atoms with Gasteiger partial charge in [-0.05, 0) is 36.8 Å². The molecule has 2 heterocycles. The van der Waals surface area contributed by atoms with Gasteiger partial charge < -0.3 is 14.7 Å². The molecule has 104 valence electrons. The first-order valence-corrected chi connectivity index (χ1v) is 6.68. The van der Waals surface area contributed by atoms with Crippen molar-refractivity contribution in [2.45, 2.75) is 13.0 Å². The summed E-state index contributed by atoms with van der Waals surface area (Å²) < 4.78 is 5.79. The van der Waals surface area contributed by atoms with Gasteiger partial charge in [-0.3, -0.25) is 0 Å². The van der Waals surface area contributed by atoms with E-state index in [0.717, 1.165) is 23.6 Å². The van der Waals surface area contributed by atoms with Crippen molar-refractivity contribution >= 4 is 5.82 Å². The van der Waals surface area contributed by atoms with Gasteiger partial charge in [0.15, 0.2) is 5.82 Å². The summed E-state index contributed by atoms with van der Waals surface area (Å²) >= 11 is 0. The average molecular weight is 271 g/mol. The number of benzene rings is 1. The predicted molar refractivity (Wildman–Crippen MR) is 75.8 cm³/mol. The molecule has 1 unspecified atom stereocenters. The fourth-order valence-electron chi connectivity index (χ4n) is 2.34. The van der Waals surface area contributed by atoms with Crippen molar-refractivity contribution < 1.29 is 9.84 Å². The van der Waals surface area contributed by atoms with Crippen LogP contribution >= 0.6 is 0 Å². The lowest BCUT2D eigenvalue weighted by Crippen LogP contribution is -2.39. The lowest BCUT2D eigenvalue weighted by molar-refractivity contribution is 0.0393. The molecular formula is C15H17N3O2. The summed E-state index contributed by atoms with van der Waals surface area (Å²) in [7, 11) is 0. The van der Waals surface area contributed by atoms with Crippen molar-refractivity contribution in [2.75, 3.05) is 24.6 Å². The van der Waals surface area contributed by atoms with Gasteiger partial charge in [-0.25, -0.2) is 0 Å². The summed E-state index contributed by atoms with van der Waals surface area (Å²) in [6, 6.07) is 11.1. The predicted octanol–water partition coefficient (Wildman–Crippen LogP) is 2.07. The molecule has 0 aliphatic carbocycles. The summed E-state index contributed by atoms with van der Waals surface area (Å²) in [5.74, 6) is 1.13. The lowest BCUT2D eigenvalue weighted by Gasteiger charge is -2.33. The van der Waals surface area contributed by atoms with Gasteiger partial charge in [-0.2, -0.15) is 5.10 Å². The van der Waals surface area contributed by atoms with Gasteiger partial charge in [0.25, 0.3) is 0 Å². The second-order valence-corrected chi connectivity index (χ2v) is 4.93.